The summed E-state index contributed by atoms with van der Waals surface area (Å²) in [6.07, 6.45) is 0.640. The van der Waals surface area contributed by atoms with Gasteiger partial charge in [0, 0.05) is 13.0 Å². The average Bonchev–Trinajstić information content (AvgIpc) is 3.11. The predicted octanol–water partition coefficient (Wildman–Crippen LogP) is 2.76. The van der Waals surface area contributed by atoms with Gasteiger partial charge in [-0.05, 0) is 45.0 Å². The molecule has 0 fully saturated rings. The van der Waals surface area contributed by atoms with Gasteiger partial charge in [0.1, 0.15) is 15.8 Å². The first-order chi connectivity index (χ1) is 12.0. The molecule has 2 heterocycles. The molecular weight excluding hydrogens is 341 g/mol. The van der Waals surface area contributed by atoms with Crippen molar-refractivity contribution in [2.24, 2.45) is 0 Å². The molecule has 0 radical (unpaired) electrons. The van der Waals surface area contributed by atoms with Gasteiger partial charge in [-0.1, -0.05) is 0 Å². The SMILES string of the molecule is Cc1nnc(CCNC(=O)c2c(C)nn(-c3ccc(F)cc3)c2C)s1. The summed E-state index contributed by atoms with van der Waals surface area (Å²) in [5, 5.41) is 17.1. The molecule has 0 unspecified atom stereocenters. The second kappa shape index (κ2) is 7.10. The molecule has 25 heavy (non-hydrogen) atoms. The minimum atomic E-state index is -0.310. The Hall–Kier alpha value is -2.61. The summed E-state index contributed by atoms with van der Waals surface area (Å²) >= 11 is 1.52. The maximum Gasteiger partial charge on any atom is 0.255 e. The Bertz CT molecular complexity index is 900. The molecule has 0 spiro atoms. The molecule has 1 aromatic carbocycles. The molecule has 2 aromatic heterocycles. The van der Waals surface area contributed by atoms with Crippen molar-refractivity contribution in [2.75, 3.05) is 6.54 Å². The number of halogens is 1. The van der Waals surface area contributed by atoms with Crippen LogP contribution in [-0.2, 0) is 6.42 Å². The number of carbonyl (C=O) groups excluding carboxylic acids is 1. The molecule has 1 amide bonds. The van der Waals surface area contributed by atoms with E-state index in [4.69, 9.17) is 0 Å². The summed E-state index contributed by atoms with van der Waals surface area (Å²) in [6.45, 7) is 5.99. The first kappa shape index (κ1) is 17.2. The molecule has 130 valence electrons. The molecule has 3 aromatic rings. The Morgan fingerprint density at radius 3 is 2.56 bits per heavy atom. The van der Waals surface area contributed by atoms with E-state index in [0.29, 0.717) is 35.6 Å². The predicted molar refractivity (Wildman–Crippen MR) is 93.7 cm³/mol. The van der Waals surface area contributed by atoms with Crippen LogP contribution in [-0.4, -0.2) is 32.4 Å². The van der Waals surface area contributed by atoms with E-state index in [9.17, 15) is 9.18 Å². The number of aromatic nitrogens is 4. The minimum Gasteiger partial charge on any atom is -0.351 e. The molecule has 0 aliphatic heterocycles. The van der Waals surface area contributed by atoms with Crippen molar-refractivity contribution >= 4 is 17.2 Å². The number of nitrogens with one attached hydrogen (secondary N) is 1. The molecule has 0 saturated carbocycles. The maximum absolute atomic E-state index is 13.1. The number of amides is 1. The highest BCUT2D eigenvalue weighted by molar-refractivity contribution is 7.11. The zero-order valence-electron chi connectivity index (χ0n) is 14.2. The third-order valence-electron chi connectivity index (χ3n) is 3.78. The van der Waals surface area contributed by atoms with Gasteiger partial charge in [0.15, 0.2) is 0 Å². The Labute approximate surface area is 148 Å². The summed E-state index contributed by atoms with van der Waals surface area (Å²) in [5.74, 6) is -0.486. The second-order valence-electron chi connectivity index (χ2n) is 5.65. The van der Waals surface area contributed by atoms with Crippen molar-refractivity contribution in [1.29, 1.82) is 0 Å². The van der Waals surface area contributed by atoms with Gasteiger partial charge >= 0.3 is 0 Å². The highest BCUT2D eigenvalue weighted by Crippen LogP contribution is 2.18. The first-order valence-electron chi connectivity index (χ1n) is 7.85. The van der Waals surface area contributed by atoms with Crippen LogP contribution in [0.5, 0.6) is 0 Å². The Morgan fingerprint density at radius 1 is 1.20 bits per heavy atom. The molecule has 1 N–H and O–H groups in total. The summed E-state index contributed by atoms with van der Waals surface area (Å²) in [5.41, 5.74) is 2.60. The second-order valence-corrected chi connectivity index (χ2v) is 6.92. The number of nitrogens with zero attached hydrogens (tertiary/aromatic N) is 4. The third-order valence-corrected chi connectivity index (χ3v) is 4.68. The van der Waals surface area contributed by atoms with Gasteiger partial charge in [-0.2, -0.15) is 5.10 Å². The average molecular weight is 359 g/mol. The molecule has 0 atom stereocenters. The van der Waals surface area contributed by atoms with E-state index in [2.05, 4.69) is 20.6 Å². The summed E-state index contributed by atoms with van der Waals surface area (Å²) in [7, 11) is 0. The van der Waals surface area contributed by atoms with Gasteiger partial charge in [-0.3, -0.25) is 4.79 Å². The van der Waals surface area contributed by atoms with Gasteiger partial charge < -0.3 is 5.32 Å². The zero-order chi connectivity index (χ0) is 18.0. The third kappa shape index (κ3) is 3.74. The van der Waals surface area contributed by atoms with Crippen LogP contribution in [0.2, 0.25) is 0 Å². The van der Waals surface area contributed by atoms with Crippen molar-refractivity contribution in [3.63, 3.8) is 0 Å². The van der Waals surface area contributed by atoms with Crippen LogP contribution in [0.3, 0.4) is 0 Å². The van der Waals surface area contributed by atoms with Crippen molar-refractivity contribution in [3.05, 3.63) is 57.0 Å². The lowest BCUT2D eigenvalue weighted by molar-refractivity contribution is 0.0953. The van der Waals surface area contributed by atoms with Crippen molar-refractivity contribution in [2.45, 2.75) is 27.2 Å². The fourth-order valence-corrected chi connectivity index (χ4v) is 3.32. The van der Waals surface area contributed by atoms with Gasteiger partial charge in [-0.25, -0.2) is 9.07 Å². The summed E-state index contributed by atoms with van der Waals surface area (Å²) < 4.78 is 14.7. The summed E-state index contributed by atoms with van der Waals surface area (Å²) in [6, 6.07) is 6.01. The highest BCUT2D eigenvalue weighted by Gasteiger charge is 2.19. The van der Waals surface area contributed by atoms with E-state index in [1.165, 1.54) is 23.5 Å². The van der Waals surface area contributed by atoms with Crippen molar-refractivity contribution in [1.82, 2.24) is 25.3 Å². The van der Waals surface area contributed by atoms with E-state index in [1.807, 2.05) is 13.8 Å². The lowest BCUT2D eigenvalue weighted by Gasteiger charge is -2.06. The maximum atomic E-state index is 13.1. The fraction of sp³-hybridized carbons (Fsp3) is 0.294. The number of hydrogen-bond acceptors (Lipinski definition) is 5. The van der Waals surface area contributed by atoms with Crippen molar-refractivity contribution in [3.8, 4) is 5.69 Å². The standard InChI is InChI=1S/C17H18FN5OS/c1-10-16(17(24)19-9-8-15-21-20-12(3)25-15)11(2)23(22-10)14-6-4-13(18)5-7-14/h4-7H,8-9H2,1-3H3,(H,19,24). The van der Waals surface area contributed by atoms with E-state index in [0.717, 1.165) is 10.0 Å². The van der Waals surface area contributed by atoms with Gasteiger partial charge in [0.2, 0.25) is 0 Å². The summed E-state index contributed by atoms with van der Waals surface area (Å²) in [4.78, 5) is 12.5. The fourth-order valence-electron chi connectivity index (χ4n) is 2.61. The van der Waals surface area contributed by atoms with E-state index < -0.39 is 0 Å². The van der Waals surface area contributed by atoms with Crippen LogP contribution in [0.25, 0.3) is 5.69 Å². The topological polar surface area (TPSA) is 72.7 Å². The van der Waals surface area contributed by atoms with E-state index in [-0.39, 0.29) is 11.7 Å². The van der Waals surface area contributed by atoms with Crippen LogP contribution in [0.15, 0.2) is 24.3 Å². The lowest BCUT2D eigenvalue weighted by Crippen LogP contribution is -2.26. The molecule has 8 heteroatoms. The monoisotopic (exact) mass is 359 g/mol. The van der Waals surface area contributed by atoms with Crippen LogP contribution < -0.4 is 5.32 Å². The Balaban J connectivity index is 1.73. The van der Waals surface area contributed by atoms with E-state index >= 15 is 0 Å². The molecule has 0 aliphatic carbocycles. The van der Waals surface area contributed by atoms with Crippen molar-refractivity contribution < 1.29 is 9.18 Å². The smallest absolute Gasteiger partial charge is 0.255 e. The van der Waals surface area contributed by atoms with Gasteiger partial charge in [0.25, 0.3) is 5.91 Å². The quantitative estimate of drug-likeness (QED) is 0.760. The number of aryl methyl sites for hydroxylation is 2. The molecule has 0 saturated heterocycles. The molecule has 3 rings (SSSR count). The highest BCUT2D eigenvalue weighted by atomic mass is 32.1. The largest absolute Gasteiger partial charge is 0.351 e. The number of carbonyl (C=O) groups is 1. The van der Waals surface area contributed by atoms with Gasteiger partial charge in [-0.15, -0.1) is 21.5 Å². The number of benzene rings is 1. The Morgan fingerprint density at radius 2 is 1.92 bits per heavy atom. The number of hydrogen-bond donors (Lipinski definition) is 1. The minimum absolute atomic E-state index is 0.176. The zero-order valence-corrected chi connectivity index (χ0v) is 15.0. The molecule has 0 aliphatic rings. The van der Waals surface area contributed by atoms with Crippen LogP contribution in [0.4, 0.5) is 4.39 Å². The number of rotatable bonds is 5. The lowest BCUT2D eigenvalue weighted by atomic mass is 10.2. The van der Waals surface area contributed by atoms with Crippen LogP contribution >= 0.6 is 11.3 Å². The first-order valence-corrected chi connectivity index (χ1v) is 8.66. The molecule has 6 nitrogen and oxygen atoms in total. The Kier molecular flexibility index (Phi) is 4.89. The molecule has 0 bridgehead atoms. The molecular formula is C17H18FN5OS. The van der Waals surface area contributed by atoms with E-state index in [1.54, 1.807) is 23.7 Å². The van der Waals surface area contributed by atoms with Gasteiger partial charge in [0.05, 0.1) is 22.6 Å². The normalized spacial score (nSPS) is 10.9. The van der Waals surface area contributed by atoms with Crippen LogP contribution in [0, 0.1) is 26.6 Å². The van der Waals surface area contributed by atoms with Crippen LogP contribution in [0.1, 0.15) is 31.8 Å².